The Bertz CT molecular complexity index is 345. The molecule has 1 heterocycles. The molecule has 0 amide bonds. The zero-order valence-electron chi connectivity index (χ0n) is 8.56. The first-order chi connectivity index (χ1) is 7.42. The Morgan fingerprint density at radius 1 is 1.40 bits per heavy atom. The lowest BCUT2D eigenvalue weighted by Crippen LogP contribution is -2.25. The minimum atomic E-state index is 0.716. The third kappa shape index (κ3) is 1.79. The predicted octanol–water partition coefficient (Wildman–Crippen LogP) is 0.501. The van der Waals surface area contributed by atoms with Crippen LogP contribution in [0.4, 0.5) is 0 Å². The van der Waals surface area contributed by atoms with E-state index in [4.69, 9.17) is 0 Å². The van der Waals surface area contributed by atoms with Crippen LogP contribution in [0.5, 0.6) is 0 Å². The van der Waals surface area contributed by atoms with Gasteiger partial charge in [-0.1, -0.05) is 17.4 Å². The fraction of sp³-hybridized carbons (Fsp3) is 0.700. The summed E-state index contributed by atoms with van der Waals surface area (Å²) >= 11 is 0. The lowest BCUT2D eigenvalue weighted by molar-refractivity contribution is 0.411. The van der Waals surface area contributed by atoms with Crippen LogP contribution in [0.25, 0.3) is 0 Å². The Hall–Kier alpha value is -1.23. The standard InChI is InChI=1S/C10H15N5/c1-2-8-3-7(1)4-9(8)5-11-6-10-12-14-15-13-10/h1-2,7-9,11H,3-6H2,(H,12,13,14,15). The van der Waals surface area contributed by atoms with E-state index < -0.39 is 0 Å². The van der Waals surface area contributed by atoms with Gasteiger partial charge >= 0.3 is 0 Å². The number of hydrogen-bond acceptors (Lipinski definition) is 4. The number of rotatable bonds is 4. The number of tetrazole rings is 1. The normalized spacial score (nSPS) is 32.7. The highest BCUT2D eigenvalue weighted by Gasteiger charge is 2.34. The Morgan fingerprint density at radius 3 is 3.07 bits per heavy atom. The topological polar surface area (TPSA) is 66.5 Å². The van der Waals surface area contributed by atoms with Crippen molar-refractivity contribution in [1.82, 2.24) is 25.9 Å². The first-order valence-corrected chi connectivity index (χ1v) is 5.53. The highest BCUT2D eigenvalue weighted by Crippen LogP contribution is 2.42. The van der Waals surface area contributed by atoms with E-state index in [1.165, 1.54) is 12.8 Å². The van der Waals surface area contributed by atoms with E-state index in [1.807, 2.05) is 0 Å². The van der Waals surface area contributed by atoms with Crippen LogP contribution in [-0.4, -0.2) is 27.2 Å². The van der Waals surface area contributed by atoms with Gasteiger partial charge in [0.15, 0.2) is 5.82 Å². The second-order valence-electron chi connectivity index (χ2n) is 4.50. The van der Waals surface area contributed by atoms with Crippen LogP contribution in [-0.2, 0) is 6.54 Å². The minimum Gasteiger partial charge on any atom is -0.309 e. The van der Waals surface area contributed by atoms with E-state index in [0.29, 0.717) is 6.54 Å². The summed E-state index contributed by atoms with van der Waals surface area (Å²) in [6.07, 6.45) is 7.48. The van der Waals surface area contributed by atoms with Gasteiger partial charge in [0, 0.05) is 0 Å². The molecule has 5 nitrogen and oxygen atoms in total. The maximum Gasteiger partial charge on any atom is 0.188 e. The molecule has 2 aliphatic carbocycles. The Labute approximate surface area is 88.3 Å². The van der Waals surface area contributed by atoms with E-state index in [2.05, 4.69) is 38.1 Å². The lowest BCUT2D eigenvalue weighted by Gasteiger charge is -2.17. The van der Waals surface area contributed by atoms with Crippen molar-refractivity contribution in [3.63, 3.8) is 0 Å². The van der Waals surface area contributed by atoms with E-state index in [9.17, 15) is 0 Å². The summed E-state index contributed by atoms with van der Waals surface area (Å²) in [6, 6.07) is 0. The van der Waals surface area contributed by atoms with Gasteiger partial charge in [-0.05, 0) is 37.1 Å². The summed E-state index contributed by atoms with van der Waals surface area (Å²) in [6.45, 7) is 1.79. The van der Waals surface area contributed by atoms with Gasteiger partial charge in [0.2, 0.25) is 0 Å². The molecule has 3 atom stereocenters. The molecule has 1 saturated carbocycles. The summed E-state index contributed by atoms with van der Waals surface area (Å²) in [5.74, 6) is 3.22. The molecule has 0 spiro atoms. The summed E-state index contributed by atoms with van der Waals surface area (Å²) in [5, 5.41) is 17.2. The number of nitrogens with one attached hydrogen (secondary N) is 2. The number of fused-ring (bicyclic) bond motifs is 2. The largest absolute Gasteiger partial charge is 0.309 e. The van der Waals surface area contributed by atoms with E-state index in [1.54, 1.807) is 0 Å². The molecule has 80 valence electrons. The molecule has 0 aliphatic heterocycles. The molecular formula is C10H15N5. The first-order valence-electron chi connectivity index (χ1n) is 5.53. The molecule has 2 N–H and O–H groups in total. The summed E-state index contributed by atoms with van der Waals surface area (Å²) in [5.41, 5.74) is 0. The van der Waals surface area contributed by atoms with Gasteiger partial charge in [0.05, 0.1) is 6.54 Å². The van der Waals surface area contributed by atoms with Crippen molar-refractivity contribution in [2.75, 3.05) is 6.54 Å². The number of aromatic amines is 1. The van der Waals surface area contributed by atoms with E-state index in [0.717, 1.165) is 30.1 Å². The molecule has 1 aromatic rings. The van der Waals surface area contributed by atoms with Crippen molar-refractivity contribution in [3.8, 4) is 0 Å². The Morgan fingerprint density at radius 2 is 2.40 bits per heavy atom. The van der Waals surface area contributed by atoms with Crippen molar-refractivity contribution in [3.05, 3.63) is 18.0 Å². The summed E-state index contributed by atoms with van der Waals surface area (Å²) in [4.78, 5) is 0. The van der Waals surface area contributed by atoms with Gasteiger partial charge in [-0.3, -0.25) is 0 Å². The second kappa shape index (κ2) is 3.73. The molecule has 2 aliphatic rings. The molecule has 0 radical (unpaired) electrons. The van der Waals surface area contributed by atoms with Crippen molar-refractivity contribution in [1.29, 1.82) is 0 Å². The van der Waals surface area contributed by atoms with Gasteiger partial charge < -0.3 is 5.32 Å². The van der Waals surface area contributed by atoms with Gasteiger partial charge in [-0.2, -0.15) is 5.21 Å². The fourth-order valence-electron chi connectivity index (χ4n) is 2.76. The molecule has 1 fully saturated rings. The average molecular weight is 205 g/mol. The van der Waals surface area contributed by atoms with Crippen molar-refractivity contribution >= 4 is 0 Å². The zero-order chi connectivity index (χ0) is 10.1. The van der Waals surface area contributed by atoms with Crippen molar-refractivity contribution in [2.45, 2.75) is 19.4 Å². The van der Waals surface area contributed by atoms with Crippen LogP contribution in [0.1, 0.15) is 18.7 Å². The monoisotopic (exact) mass is 205 g/mol. The van der Waals surface area contributed by atoms with Crippen LogP contribution >= 0.6 is 0 Å². The SMILES string of the molecule is C1=CC2CC1CC2CNCc1nn[nH]n1. The van der Waals surface area contributed by atoms with Crippen LogP contribution in [0.2, 0.25) is 0 Å². The first kappa shape index (κ1) is 9.03. The maximum absolute atomic E-state index is 3.90. The molecule has 2 bridgehead atoms. The molecule has 0 saturated heterocycles. The van der Waals surface area contributed by atoms with Crippen LogP contribution in [0.15, 0.2) is 12.2 Å². The number of hydrogen-bond donors (Lipinski definition) is 2. The van der Waals surface area contributed by atoms with Gasteiger partial charge in [-0.25, -0.2) is 0 Å². The third-order valence-corrected chi connectivity index (χ3v) is 3.50. The number of nitrogens with zero attached hydrogens (tertiary/aromatic N) is 3. The number of aromatic nitrogens is 4. The maximum atomic E-state index is 3.90. The molecule has 15 heavy (non-hydrogen) atoms. The highest BCUT2D eigenvalue weighted by molar-refractivity contribution is 5.10. The quantitative estimate of drug-likeness (QED) is 0.702. The molecule has 5 heteroatoms. The van der Waals surface area contributed by atoms with Crippen LogP contribution in [0.3, 0.4) is 0 Å². The van der Waals surface area contributed by atoms with Crippen molar-refractivity contribution in [2.24, 2.45) is 17.8 Å². The zero-order valence-corrected chi connectivity index (χ0v) is 8.56. The smallest absolute Gasteiger partial charge is 0.188 e. The van der Waals surface area contributed by atoms with Gasteiger partial charge in [0.1, 0.15) is 0 Å². The molecule has 1 aromatic heterocycles. The van der Waals surface area contributed by atoms with E-state index in [-0.39, 0.29) is 0 Å². The van der Waals surface area contributed by atoms with Crippen LogP contribution in [0, 0.1) is 17.8 Å². The number of allylic oxidation sites excluding steroid dienone is 2. The summed E-state index contributed by atoms with van der Waals surface area (Å²) < 4.78 is 0. The highest BCUT2D eigenvalue weighted by atomic mass is 15.5. The van der Waals surface area contributed by atoms with Crippen molar-refractivity contribution < 1.29 is 0 Å². The summed E-state index contributed by atoms with van der Waals surface area (Å²) in [7, 11) is 0. The molecule has 0 aromatic carbocycles. The molecule has 3 unspecified atom stereocenters. The Kier molecular flexibility index (Phi) is 2.25. The van der Waals surface area contributed by atoms with Gasteiger partial charge in [-0.15, -0.1) is 10.2 Å². The number of H-pyrrole nitrogens is 1. The minimum absolute atomic E-state index is 0.716. The van der Waals surface area contributed by atoms with E-state index >= 15 is 0 Å². The fourth-order valence-corrected chi connectivity index (χ4v) is 2.76. The van der Waals surface area contributed by atoms with Gasteiger partial charge in [0.25, 0.3) is 0 Å². The Balaban J connectivity index is 1.45. The third-order valence-electron chi connectivity index (χ3n) is 3.50. The molecular weight excluding hydrogens is 190 g/mol. The second-order valence-corrected chi connectivity index (χ2v) is 4.50. The predicted molar refractivity (Wildman–Crippen MR) is 54.7 cm³/mol. The van der Waals surface area contributed by atoms with Crippen LogP contribution < -0.4 is 5.32 Å². The lowest BCUT2D eigenvalue weighted by atomic mass is 9.94. The molecule has 3 rings (SSSR count). The average Bonchev–Trinajstić information content (AvgIpc) is 2.93.